The number of benzene rings is 1. The highest BCUT2D eigenvalue weighted by molar-refractivity contribution is 7.95. The van der Waals surface area contributed by atoms with Crippen molar-refractivity contribution in [3.8, 4) is 0 Å². The number of hydrogen-bond acceptors (Lipinski definition) is 7. The van der Waals surface area contributed by atoms with Gasteiger partial charge in [-0.3, -0.25) is 13.7 Å². The van der Waals surface area contributed by atoms with Crippen LogP contribution in [0.15, 0.2) is 21.9 Å². The van der Waals surface area contributed by atoms with Gasteiger partial charge in [0.2, 0.25) is 0 Å². The Morgan fingerprint density at radius 2 is 1.43 bits per heavy atom. The molecule has 0 saturated carbocycles. The third kappa shape index (κ3) is 3.49. The molecule has 0 bridgehead atoms. The zero-order chi connectivity index (χ0) is 17.8. The second-order valence-electron chi connectivity index (χ2n) is 4.58. The summed E-state index contributed by atoms with van der Waals surface area (Å²) in [6.45, 7) is 0. The molecule has 0 fully saturated rings. The molecule has 1 aliphatic carbocycles. The molecule has 0 unspecified atom stereocenters. The van der Waals surface area contributed by atoms with Gasteiger partial charge in [0.15, 0.2) is 0 Å². The molecule has 126 valence electrons. The molecular weight excluding hydrogens is 374 g/mol. The minimum Gasteiger partial charge on any atom is -0.305 e. The summed E-state index contributed by atoms with van der Waals surface area (Å²) in [5.74, 6) is 0. The Balaban J connectivity index is 3.26. The second-order valence-corrected chi connectivity index (χ2v) is 8.83. The molecule has 1 aromatic carbocycles. The van der Waals surface area contributed by atoms with E-state index in [2.05, 4.69) is 0 Å². The lowest BCUT2D eigenvalue weighted by Gasteiger charge is -2.12. The number of fused-ring (bicyclic) bond motifs is 1. The van der Waals surface area contributed by atoms with Gasteiger partial charge in [-0.05, 0) is 18.2 Å². The fourth-order valence-corrected chi connectivity index (χ4v) is 4.18. The molecule has 23 heavy (non-hydrogen) atoms. The summed E-state index contributed by atoms with van der Waals surface area (Å²) in [4.78, 5) is -2.84. The van der Waals surface area contributed by atoms with Crippen LogP contribution in [-0.2, 0) is 30.4 Å². The van der Waals surface area contributed by atoms with E-state index in [1.165, 1.54) is 0 Å². The Morgan fingerprint density at radius 1 is 0.870 bits per heavy atom. The molecular formula is C10H9NO9S3. The molecule has 2 rings (SSSR count). The Bertz CT molecular complexity index is 1160. The van der Waals surface area contributed by atoms with Crippen LogP contribution in [0, 0.1) is 5.41 Å². The van der Waals surface area contributed by atoms with Crippen LogP contribution in [0.1, 0.15) is 6.42 Å². The summed E-state index contributed by atoms with van der Waals surface area (Å²) >= 11 is 0. The van der Waals surface area contributed by atoms with Crippen molar-refractivity contribution in [1.29, 1.82) is 5.41 Å². The maximum absolute atomic E-state index is 11.4. The van der Waals surface area contributed by atoms with Gasteiger partial charge < -0.3 is 5.41 Å². The first-order valence-electron chi connectivity index (χ1n) is 5.60. The van der Waals surface area contributed by atoms with Crippen LogP contribution in [0.5, 0.6) is 0 Å². The molecule has 0 atom stereocenters. The summed E-state index contributed by atoms with van der Waals surface area (Å²) in [6, 6.07) is 1.05. The van der Waals surface area contributed by atoms with Gasteiger partial charge in [-0.1, -0.05) is 0 Å². The minimum atomic E-state index is -5.01. The smallest absolute Gasteiger partial charge is 0.295 e. The van der Waals surface area contributed by atoms with Crippen LogP contribution >= 0.6 is 0 Å². The van der Waals surface area contributed by atoms with Gasteiger partial charge in [0.25, 0.3) is 30.4 Å². The van der Waals surface area contributed by atoms with Crippen molar-refractivity contribution in [2.75, 3.05) is 0 Å². The first kappa shape index (κ1) is 17.7. The van der Waals surface area contributed by atoms with Crippen LogP contribution in [0.25, 0.3) is 11.0 Å². The quantitative estimate of drug-likeness (QED) is 0.445. The zero-order valence-electron chi connectivity index (χ0n) is 11.0. The average Bonchev–Trinajstić information content (AvgIpc) is 2.32. The molecule has 0 heterocycles. The lowest BCUT2D eigenvalue weighted by atomic mass is 10.1. The highest BCUT2D eigenvalue weighted by Crippen LogP contribution is 2.16. The highest BCUT2D eigenvalue weighted by atomic mass is 32.2. The third-order valence-corrected chi connectivity index (χ3v) is 5.68. The van der Waals surface area contributed by atoms with Crippen molar-refractivity contribution in [3.05, 3.63) is 22.6 Å². The topological polar surface area (TPSA) is 187 Å². The van der Waals surface area contributed by atoms with E-state index < -0.39 is 67.6 Å². The summed E-state index contributed by atoms with van der Waals surface area (Å²) in [5, 5.41) is 6.48. The second kappa shape index (κ2) is 5.19. The Kier molecular flexibility index (Phi) is 3.99. The summed E-state index contributed by atoms with van der Waals surface area (Å²) in [5.41, 5.74) is -0.394. The molecule has 1 aromatic rings. The van der Waals surface area contributed by atoms with Gasteiger partial charge >= 0.3 is 0 Å². The van der Waals surface area contributed by atoms with E-state index in [9.17, 15) is 34.4 Å². The lowest BCUT2D eigenvalue weighted by molar-refractivity contribution is 0.479. The van der Waals surface area contributed by atoms with E-state index in [1.54, 1.807) is 0 Å². The van der Waals surface area contributed by atoms with Crippen molar-refractivity contribution in [1.82, 2.24) is 0 Å². The minimum absolute atomic E-state index is 0.394. The molecule has 13 heteroatoms. The van der Waals surface area contributed by atoms with E-state index in [1.807, 2.05) is 0 Å². The molecule has 0 amide bonds. The van der Waals surface area contributed by atoms with Crippen LogP contribution in [0.3, 0.4) is 0 Å². The fraction of sp³-hybridized carbons (Fsp3) is 0.100. The first-order chi connectivity index (χ1) is 10.2. The molecule has 0 aliphatic heterocycles. The SMILES string of the molecule is N=C1C=c2c(S(=O)(=O)O)cc(S(=O)(=O)O)cc2=C(S(=O)(=O)O)C1. The Morgan fingerprint density at radius 3 is 1.87 bits per heavy atom. The van der Waals surface area contributed by atoms with Gasteiger partial charge in [-0.25, -0.2) is 0 Å². The molecule has 0 aromatic heterocycles. The van der Waals surface area contributed by atoms with Crippen LogP contribution < -0.4 is 10.4 Å². The predicted octanol–water partition coefficient (Wildman–Crippen LogP) is -1.62. The summed E-state index contributed by atoms with van der Waals surface area (Å²) in [7, 11) is -14.8. The monoisotopic (exact) mass is 383 g/mol. The number of rotatable bonds is 3. The van der Waals surface area contributed by atoms with Crippen molar-refractivity contribution in [2.24, 2.45) is 0 Å². The van der Waals surface area contributed by atoms with E-state index in [0.717, 1.165) is 6.08 Å². The van der Waals surface area contributed by atoms with Crippen LogP contribution in [0.2, 0.25) is 0 Å². The molecule has 0 saturated heterocycles. The maximum atomic E-state index is 11.4. The van der Waals surface area contributed by atoms with E-state index in [4.69, 9.17) is 9.96 Å². The summed E-state index contributed by atoms with van der Waals surface area (Å²) in [6.07, 6.45) is 0.284. The molecule has 4 N–H and O–H groups in total. The highest BCUT2D eigenvalue weighted by Gasteiger charge is 2.26. The normalized spacial score (nSPS) is 16.0. The zero-order valence-corrected chi connectivity index (χ0v) is 13.4. The van der Waals surface area contributed by atoms with Crippen molar-refractivity contribution in [3.63, 3.8) is 0 Å². The predicted molar refractivity (Wildman–Crippen MR) is 77.1 cm³/mol. The third-order valence-electron chi connectivity index (χ3n) is 2.97. The number of nitrogens with one attached hydrogen (secondary N) is 1. The standard InChI is InChI=1S/C10H9NO9S3/c11-5-1-7-8(9(2-5)22(15,16)17)3-6(21(12,13)14)4-10(7)23(18,19)20/h1,3-4,11H,2H2,(H,12,13,14)(H,15,16,17)(H,18,19,20). The van der Waals surface area contributed by atoms with Gasteiger partial charge in [-0.2, -0.15) is 25.3 Å². The maximum Gasteiger partial charge on any atom is 0.295 e. The molecule has 0 spiro atoms. The Hall–Kier alpha value is -1.64. The largest absolute Gasteiger partial charge is 0.305 e. The van der Waals surface area contributed by atoms with Crippen molar-refractivity contribution >= 4 is 47.0 Å². The van der Waals surface area contributed by atoms with Crippen LogP contribution in [-0.4, -0.2) is 44.6 Å². The van der Waals surface area contributed by atoms with Crippen LogP contribution in [0.4, 0.5) is 0 Å². The fourth-order valence-electron chi connectivity index (χ4n) is 2.07. The average molecular weight is 383 g/mol. The van der Waals surface area contributed by atoms with E-state index >= 15 is 0 Å². The Labute approximate surface area is 130 Å². The molecule has 0 radical (unpaired) electrons. The molecule has 1 aliphatic rings. The van der Waals surface area contributed by atoms with E-state index in [-0.39, 0.29) is 0 Å². The van der Waals surface area contributed by atoms with Crippen molar-refractivity contribution in [2.45, 2.75) is 16.2 Å². The van der Waals surface area contributed by atoms with Gasteiger partial charge in [-0.15, -0.1) is 0 Å². The van der Waals surface area contributed by atoms with Gasteiger partial charge in [0.1, 0.15) is 4.90 Å². The summed E-state index contributed by atoms with van der Waals surface area (Å²) < 4.78 is 95.5. The van der Waals surface area contributed by atoms with Gasteiger partial charge in [0, 0.05) is 22.6 Å². The first-order valence-corrected chi connectivity index (χ1v) is 9.92. The number of hydrogen-bond donors (Lipinski definition) is 4. The van der Waals surface area contributed by atoms with Crippen molar-refractivity contribution < 1.29 is 38.9 Å². The molecule has 10 nitrogen and oxygen atoms in total. The van der Waals surface area contributed by atoms with E-state index in [0.29, 0.717) is 12.1 Å². The lowest BCUT2D eigenvalue weighted by Crippen LogP contribution is -2.38. The van der Waals surface area contributed by atoms with Gasteiger partial charge in [0.05, 0.1) is 9.80 Å².